The van der Waals surface area contributed by atoms with Gasteiger partial charge < -0.3 is 14.2 Å². The molecule has 0 bridgehead atoms. The van der Waals surface area contributed by atoms with Crippen molar-refractivity contribution in [1.82, 2.24) is 16.0 Å². The molecule has 0 aromatic heterocycles. The summed E-state index contributed by atoms with van der Waals surface area (Å²) in [7, 11) is 5.01. The van der Waals surface area contributed by atoms with Crippen LogP contribution in [0.25, 0.3) is 0 Å². The molecular formula is C19H41N3O3. The Hall–Kier alpha value is -1.02. The van der Waals surface area contributed by atoms with E-state index in [9.17, 15) is 0 Å². The molecule has 1 aromatic rings. The molecule has 0 aliphatic carbocycles. The van der Waals surface area contributed by atoms with Gasteiger partial charge in [-0.3, -0.25) is 16.0 Å². The lowest BCUT2D eigenvalue weighted by Crippen LogP contribution is -2.14. The van der Waals surface area contributed by atoms with E-state index >= 15 is 0 Å². The van der Waals surface area contributed by atoms with Gasteiger partial charge in [-0.15, -0.1) is 0 Å². The van der Waals surface area contributed by atoms with Gasteiger partial charge in [0.25, 0.3) is 0 Å². The summed E-state index contributed by atoms with van der Waals surface area (Å²) in [6.07, 6.45) is 0. The van der Waals surface area contributed by atoms with Crippen LogP contribution >= 0.6 is 0 Å². The van der Waals surface area contributed by atoms with Crippen LogP contribution in [0.2, 0.25) is 0 Å². The van der Waals surface area contributed by atoms with E-state index in [0.717, 1.165) is 19.6 Å². The largest absolute Gasteiger partial charge is 0.370 e. The van der Waals surface area contributed by atoms with E-state index in [0.29, 0.717) is 20.2 Å². The van der Waals surface area contributed by atoms with E-state index in [-0.39, 0.29) is 0 Å². The van der Waals surface area contributed by atoms with E-state index < -0.39 is 0 Å². The van der Waals surface area contributed by atoms with Crippen LogP contribution in [0, 0.1) is 6.92 Å². The van der Waals surface area contributed by atoms with Gasteiger partial charge >= 0.3 is 0 Å². The Labute approximate surface area is 155 Å². The SMILES string of the molecule is CCNCOC.CCNCOC.CCNCOC.Cc1ccccc1. The summed E-state index contributed by atoms with van der Waals surface area (Å²) in [6, 6.07) is 10.3. The van der Waals surface area contributed by atoms with Crippen molar-refractivity contribution in [2.75, 3.05) is 61.2 Å². The fourth-order valence-electron chi connectivity index (χ4n) is 1.15. The Morgan fingerprint density at radius 1 is 0.640 bits per heavy atom. The zero-order valence-electron chi connectivity index (χ0n) is 17.4. The Bertz CT molecular complexity index is 270. The summed E-state index contributed by atoms with van der Waals surface area (Å²) in [5, 5.41) is 8.93. The molecule has 6 nitrogen and oxygen atoms in total. The van der Waals surface area contributed by atoms with E-state index in [1.807, 2.05) is 39.0 Å². The average Bonchev–Trinajstić information content (AvgIpc) is 2.65. The van der Waals surface area contributed by atoms with Crippen LogP contribution in [-0.4, -0.2) is 61.2 Å². The van der Waals surface area contributed by atoms with Crippen LogP contribution in [-0.2, 0) is 14.2 Å². The molecule has 150 valence electrons. The molecule has 0 unspecified atom stereocenters. The first kappa shape index (κ1) is 28.8. The predicted octanol–water partition coefficient (Wildman–Crippen LogP) is 2.59. The Balaban J connectivity index is -0.000000259. The van der Waals surface area contributed by atoms with Gasteiger partial charge in [0, 0.05) is 21.3 Å². The maximum atomic E-state index is 4.67. The first-order chi connectivity index (χ1) is 12.1. The third-order valence-corrected chi connectivity index (χ3v) is 2.43. The van der Waals surface area contributed by atoms with Gasteiger partial charge in [-0.05, 0) is 26.6 Å². The maximum Gasteiger partial charge on any atom is 0.0961 e. The third kappa shape index (κ3) is 39.6. The minimum atomic E-state index is 0.663. The second kappa shape index (κ2) is 30.8. The van der Waals surface area contributed by atoms with Gasteiger partial charge in [-0.2, -0.15) is 0 Å². The zero-order valence-corrected chi connectivity index (χ0v) is 17.4. The van der Waals surface area contributed by atoms with Gasteiger partial charge in [-0.1, -0.05) is 56.7 Å². The third-order valence-electron chi connectivity index (χ3n) is 2.43. The van der Waals surface area contributed by atoms with Crippen LogP contribution in [0.3, 0.4) is 0 Å². The lowest BCUT2D eigenvalue weighted by atomic mass is 10.2. The van der Waals surface area contributed by atoms with Crippen LogP contribution < -0.4 is 16.0 Å². The summed E-state index contributed by atoms with van der Waals surface area (Å²) in [4.78, 5) is 0. The minimum absolute atomic E-state index is 0.663. The fourth-order valence-corrected chi connectivity index (χ4v) is 1.15. The zero-order chi connectivity index (χ0) is 19.6. The molecule has 0 radical (unpaired) electrons. The molecular weight excluding hydrogens is 318 g/mol. The van der Waals surface area contributed by atoms with Crippen molar-refractivity contribution < 1.29 is 14.2 Å². The number of nitrogens with one attached hydrogen (secondary N) is 3. The van der Waals surface area contributed by atoms with Crippen LogP contribution in [0.1, 0.15) is 26.3 Å². The van der Waals surface area contributed by atoms with Crippen LogP contribution in [0.5, 0.6) is 0 Å². The van der Waals surface area contributed by atoms with E-state index in [2.05, 4.69) is 49.2 Å². The van der Waals surface area contributed by atoms with E-state index in [1.54, 1.807) is 21.3 Å². The fraction of sp³-hybridized carbons (Fsp3) is 0.684. The summed E-state index contributed by atoms with van der Waals surface area (Å²) < 4.78 is 14.0. The number of rotatable bonds is 9. The van der Waals surface area contributed by atoms with Crippen molar-refractivity contribution in [3.8, 4) is 0 Å². The molecule has 0 atom stereocenters. The number of ether oxygens (including phenoxy) is 3. The lowest BCUT2D eigenvalue weighted by molar-refractivity contribution is 0.177. The van der Waals surface area contributed by atoms with Crippen LogP contribution in [0.4, 0.5) is 0 Å². The van der Waals surface area contributed by atoms with Gasteiger partial charge in [0.1, 0.15) is 0 Å². The second-order valence-electron chi connectivity index (χ2n) is 4.76. The Kier molecular flexibility index (Phi) is 35.5. The highest BCUT2D eigenvalue weighted by molar-refractivity contribution is 5.11. The smallest absolute Gasteiger partial charge is 0.0961 e. The Morgan fingerprint density at radius 2 is 0.960 bits per heavy atom. The maximum absolute atomic E-state index is 4.67. The summed E-state index contributed by atoms with van der Waals surface area (Å²) >= 11 is 0. The molecule has 0 aliphatic rings. The number of benzene rings is 1. The molecule has 0 heterocycles. The van der Waals surface area contributed by atoms with Gasteiger partial charge in [0.05, 0.1) is 20.2 Å². The predicted molar refractivity (Wildman–Crippen MR) is 108 cm³/mol. The number of hydrogen-bond acceptors (Lipinski definition) is 6. The normalized spacial score (nSPS) is 8.92. The monoisotopic (exact) mass is 359 g/mol. The summed E-state index contributed by atoms with van der Waals surface area (Å²) in [5.74, 6) is 0. The molecule has 6 heteroatoms. The summed E-state index contributed by atoms with van der Waals surface area (Å²) in [5.41, 5.74) is 1.32. The number of methoxy groups -OCH3 is 3. The molecule has 0 aliphatic heterocycles. The highest BCUT2D eigenvalue weighted by Crippen LogP contribution is 1.92. The number of aryl methyl sites for hydroxylation is 1. The summed E-state index contributed by atoms with van der Waals surface area (Å²) in [6.45, 7) is 13.1. The minimum Gasteiger partial charge on any atom is -0.370 e. The molecule has 0 saturated carbocycles. The van der Waals surface area contributed by atoms with Crippen LogP contribution in [0.15, 0.2) is 30.3 Å². The van der Waals surface area contributed by atoms with Gasteiger partial charge in [0.15, 0.2) is 0 Å². The Morgan fingerprint density at radius 3 is 1.08 bits per heavy atom. The van der Waals surface area contributed by atoms with Crippen molar-refractivity contribution in [3.05, 3.63) is 35.9 Å². The first-order valence-electron chi connectivity index (χ1n) is 8.74. The van der Waals surface area contributed by atoms with E-state index in [4.69, 9.17) is 0 Å². The van der Waals surface area contributed by atoms with Gasteiger partial charge in [-0.25, -0.2) is 0 Å². The standard InChI is InChI=1S/C7H8.3C4H11NO/c1-7-5-3-2-4-6-7;3*1-3-5-4-6-2/h2-6H,1H3;3*5H,3-4H2,1-2H3. The molecule has 0 spiro atoms. The molecule has 25 heavy (non-hydrogen) atoms. The molecule has 0 saturated heterocycles. The van der Waals surface area contributed by atoms with Crippen molar-refractivity contribution in [3.63, 3.8) is 0 Å². The average molecular weight is 360 g/mol. The first-order valence-corrected chi connectivity index (χ1v) is 8.74. The molecule has 1 aromatic carbocycles. The molecule has 0 amide bonds. The van der Waals surface area contributed by atoms with Crippen molar-refractivity contribution in [2.24, 2.45) is 0 Å². The molecule has 3 N–H and O–H groups in total. The highest BCUT2D eigenvalue weighted by atomic mass is 16.5. The van der Waals surface area contributed by atoms with Crippen molar-refractivity contribution >= 4 is 0 Å². The molecule has 0 fully saturated rings. The lowest BCUT2D eigenvalue weighted by Gasteiger charge is -1.93. The topological polar surface area (TPSA) is 63.8 Å². The highest BCUT2D eigenvalue weighted by Gasteiger charge is 1.72. The van der Waals surface area contributed by atoms with Crippen molar-refractivity contribution in [2.45, 2.75) is 27.7 Å². The van der Waals surface area contributed by atoms with Crippen molar-refractivity contribution in [1.29, 1.82) is 0 Å². The van der Waals surface area contributed by atoms with Gasteiger partial charge in [0.2, 0.25) is 0 Å². The number of hydrogen-bond donors (Lipinski definition) is 3. The quantitative estimate of drug-likeness (QED) is 0.465. The second-order valence-corrected chi connectivity index (χ2v) is 4.76. The molecule has 1 rings (SSSR count). The van der Waals surface area contributed by atoms with E-state index in [1.165, 1.54) is 5.56 Å².